The van der Waals surface area contributed by atoms with E-state index in [4.69, 9.17) is 4.42 Å². The van der Waals surface area contributed by atoms with Crippen molar-refractivity contribution < 1.29 is 4.42 Å². The van der Waals surface area contributed by atoms with Crippen molar-refractivity contribution in [1.82, 2.24) is 0 Å². The Morgan fingerprint density at radius 2 is 0.788 bits per heavy atom. The SMILES string of the molecule is c1ccc(-c2ccc3c(c2)oc2c(N(c4ccc(-c5ccc6ccccc6c5)cc4)c4ccc(-c5ccc6ccccc6c5)cc4)cccc23)cc1. The second kappa shape index (κ2) is 12.5. The molecule has 0 aliphatic carbocycles. The van der Waals surface area contributed by atoms with E-state index in [0.717, 1.165) is 44.6 Å². The van der Waals surface area contributed by atoms with Gasteiger partial charge in [-0.1, -0.05) is 146 Å². The molecule has 10 rings (SSSR count). The summed E-state index contributed by atoms with van der Waals surface area (Å²) in [5.74, 6) is 0. The van der Waals surface area contributed by atoms with Gasteiger partial charge in [-0.2, -0.15) is 0 Å². The average Bonchev–Trinajstić information content (AvgIpc) is 3.60. The monoisotopic (exact) mass is 663 g/mol. The Kier molecular flexibility index (Phi) is 7.18. The predicted molar refractivity (Wildman–Crippen MR) is 220 cm³/mol. The Bertz CT molecular complexity index is 2760. The molecule has 0 aliphatic heterocycles. The number of fused-ring (bicyclic) bond motifs is 5. The molecule has 0 atom stereocenters. The molecule has 0 fully saturated rings. The van der Waals surface area contributed by atoms with Gasteiger partial charge in [0.05, 0.1) is 5.69 Å². The van der Waals surface area contributed by atoms with Crippen molar-refractivity contribution >= 4 is 60.5 Å². The van der Waals surface area contributed by atoms with E-state index in [1.165, 1.54) is 49.4 Å². The zero-order valence-electron chi connectivity index (χ0n) is 28.4. The highest BCUT2D eigenvalue weighted by molar-refractivity contribution is 6.11. The first kappa shape index (κ1) is 30.0. The molecule has 1 aromatic heterocycles. The molecule has 0 unspecified atom stereocenters. The van der Waals surface area contributed by atoms with Crippen LogP contribution in [0.1, 0.15) is 0 Å². The Morgan fingerprint density at radius 1 is 0.308 bits per heavy atom. The molecule has 0 radical (unpaired) electrons. The van der Waals surface area contributed by atoms with Crippen molar-refractivity contribution in [2.75, 3.05) is 4.90 Å². The number of benzene rings is 9. The van der Waals surface area contributed by atoms with E-state index < -0.39 is 0 Å². The molecule has 0 amide bonds. The molecule has 10 aromatic rings. The van der Waals surface area contributed by atoms with Crippen LogP contribution in [-0.2, 0) is 0 Å². The Morgan fingerprint density at radius 3 is 1.38 bits per heavy atom. The van der Waals surface area contributed by atoms with Crippen LogP contribution < -0.4 is 4.90 Å². The molecule has 0 saturated carbocycles. The van der Waals surface area contributed by atoms with E-state index in [-0.39, 0.29) is 0 Å². The Hall–Kier alpha value is -6.90. The van der Waals surface area contributed by atoms with E-state index in [1.807, 2.05) is 6.07 Å². The summed E-state index contributed by atoms with van der Waals surface area (Å²) < 4.78 is 6.80. The fourth-order valence-corrected chi connectivity index (χ4v) is 7.54. The lowest BCUT2D eigenvalue weighted by Crippen LogP contribution is -2.10. The molecule has 0 aliphatic rings. The van der Waals surface area contributed by atoms with Gasteiger partial charge in [0.1, 0.15) is 5.58 Å². The summed E-state index contributed by atoms with van der Waals surface area (Å²) in [7, 11) is 0. The number of para-hydroxylation sites is 1. The summed E-state index contributed by atoms with van der Waals surface area (Å²) >= 11 is 0. The highest BCUT2D eigenvalue weighted by Crippen LogP contribution is 2.43. The highest BCUT2D eigenvalue weighted by atomic mass is 16.3. The van der Waals surface area contributed by atoms with Gasteiger partial charge in [-0.05, 0) is 110 Å². The molecular weight excluding hydrogens is 631 g/mol. The van der Waals surface area contributed by atoms with Gasteiger partial charge in [-0.15, -0.1) is 0 Å². The normalized spacial score (nSPS) is 11.5. The van der Waals surface area contributed by atoms with Gasteiger partial charge in [-0.25, -0.2) is 0 Å². The van der Waals surface area contributed by atoms with Gasteiger partial charge in [0, 0.05) is 22.1 Å². The maximum atomic E-state index is 6.80. The number of rotatable bonds is 6. The second-order valence-electron chi connectivity index (χ2n) is 13.4. The smallest absolute Gasteiger partial charge is 0.159 e. The lowest BCUT2D eigenvalue weighted by molar-refractivity contribution is 0.669. The van der Waals surface area contributed by atoms with Gasteiger partial charge in [0.25, 0.3) is 0 Å². The van der Waals surface area contributed by atoms with E-state index in [2.05, 4.69) is 199 Å². The van der Waals surface area contributed by atoms with Gasteiger partial charge >= 0.3 is 0 Å². The minimum absolute atomic E-state index is 0.861. The summed E-state index contributed by atoms with van der Waals surface area (Å²) in [6, 6.07) is 71.6. The molecule has 52 heavy (non-hydrogen) atoms. The van der Waals surface area contributed by atoms with Gasteiger partial charge in [0.15, 0.2) is 5.58 Å². The number of nitrogens with zero attached hydrogens (tertiary/aromatic N) is 1. The molecule has 2 heteroatoms. The van der Waals surface area contributed by atoms with Crippen LogP contribution in [0.3, 0.4) is 0 Å². The molecular formula is C50H33NO. The van der Waals surface area contributed by atoms with E-state index >= 15 is 0 Å². The lowest BCUT2D eigenvalue weighted by Gasteiger charge is -2.26. The number of furan rings is 1. The second-order valence-corrected chi connectivity index (χ2v) is 13.4. The van der Waals surface area contributed by atoms with Crippen LogP contribution >= 0.6 is 0 Å². The van der Waals surface area contributed by atoms with Crippen molar-refractivity contribution in [2.45, 2.75) is 0 Å². The summed E-state index contributed by atoms with van der Waals surface area (Å²) in [6.07, 6.45) is 0. The zero-order chi connectivity index (χ0) is 34.4. The molecule has 0 bridgehead atoms. The van der Waals surface area contributed by atoms with Gasteiger partial charge in [0.2, 0.25) is 0 Å². The zero-order valence-corrected chi connectivity index (χ0v) is 28.4. The van der Waals surface area contributed by atoms with Crippen LogP contribution in [0.25, 0.3) is 76.9 Å². The van der Waals surface area contributed by atoms with E-state index in [0.29, 0.717) is 0 Å². The van der Waals surface area contributed by atoms with Crippen LogP contribution in [-0.4, -0.2) is 0 Å². The third-order valence-electron chi connectivity index (χ3n) is 10.2. The minimum Gasteiger partial charge on any atom is -0.454 e. The summed E-state index contributed by atoms with van der Waals surface area (Å²) in [5.41, 5.74) is 11.9. The topological polar surface area (TPSA) is 16.4 Å². The van der Waals surface area contributed by atoms with Crippen LogP contribution in [0.2, 0.25) is 0 Å². The first-order valence-electron chi connectivity index (χ1n) is 17.7. The van der Waals surface area contributed by atoms with Crippen molar-refractivity contribution in [3.63, 3.8) is 0 Å². The van der Waals surface area contributed by atoms with Crippen molar-refractivity contribution in [1.29, 1.82) is 0 Å². The number of hydrogen-bond acceptors (Lipinski definition) is 2. The van der Waals surface area contributed by atoms with Gasteiger partial charge in [-0.3, -0.25) is 0 Å². The quantitative estimate of drug-likeness (QED) is 0.176. The van der Waals surface area contributed by atoms with Crippen molar-refractivity contribution in [2.24, 2.45) is 0 Å². The van der Waals surface area contributed by atoms with Crippen LogP contribution in [0.15, 0.2) is 205 Å². The third-order valence-corrected chi connectivity index (χ3v) is 10.2. The van der Waals surface area contributed by atoms with Crippen LogP contribution in [0, 0.1) is 0 Å². The molecule has 9 aromatic carbocycles. The number of anilines is 3. The highest BCUT2D eigenvalue weighted by Gasteiger charge is 2.20. The summed E-state index contributed by atoms with van der Waals surface area (Å²) in [5, 5.41) is 7.17. The van der Waals surface area contributed by atoms with E-state index in [1.54, 1.807) is 0 Å². The fourth-order valence-electron chi connectivity index (χ4n) is 7.54. The molecule has 2 nitrogen and oxygen atoms in total. The largest absolute Gasteiger partial charge is 0.454 e. The Balaban J connectivity index is 1.10. The molecule has 244 valence electrons. The summed E-state index contributed by atoms with van der Waals surface area (Å²) in [6.45, 7) is 0. The first-order chi connectivity index (χ1) is 25.7. The summed E-state index contributed by atoms with van der Waals surface area (Å²) in [4.78, 5) is 2.32. The standard InChI is InChI=1S/C50H33NO/c1-2-9-34(10-3-1)43-25-30-46-47-15-8-16-48(50(47)52-49(46)33-43)51(44-26-21-37(22-27-44)41-19-17-35-11-4-6-13-39(35)31-41)45-28-23-38(24-29-45)42-20-18-36-12-5-7-14-40(36)32-42/h1-33H. The maximum Gasteiger partial charge on any atom is 0.159 e. The molecule has 1 heterocycles. The predicted octanol–water partition coefficient (Wildman–Crippen LogP) is 14.4. The Labute approximate surface area is 302 Å². The van der Waals surface area contributed by atoms with Crippen molar-refractivity contribution in [3.05, 3.63) is 200 Å². The van der Waals surface area contributed by atoms with Crippen LogP contribution in [0.5, 0.6) is 0 Å². The molecule has 0 N–H and O–H groups in total. The van der Waals surface area contributed by atoms with Gasteiger partial charge < -0.3 is 9.32 Å². The third kappa shape index (κ3) is 5.30. The van der Waals surface area contributed by atoms with Crippen LogP contribution in [0.4, 0.5) is 17.1 Å². The average molecular weight is 664 g/mol. The lowest BCUT2D eigenvalue weighted by atomic mass is 10.00. The molecule has 0 saturated heterocycles. The van der Waals surface area contributed by atoms with E-state index in [9.17, 15) is 0 Å². The fraction of sp³-hybridized carbons (Fsp3) is 0. The maximum absolute atomic E-state index is 6.80. The molecule has 0 spiro atoms. The van der Waals surface area contributed by atoms with Crippen molar-refractivity contribution in [3.8, 4) is 33.4 Å². The minimum atomic E-state index is 0.861. The first-order valence-corrected chi connectivity index (χ1v) is 17.7. The number of hydrogen-bond donors (Lipinski definition) is 0.